The summed E-state index contributed by atoms with van der Waals surface area (Å²) in [5.74, 6) is 0.162. The molecule has 8 heteroatoms. The lowest BCUT2D eigenvalue weighted by molar-refractivity contribution is -0.130. The van der Waals surface area contributed by atoms with Gasteiger partial charge in [-0.15, -0.1) is 0 Å². The highest BCUT2D eigenvalue weighted by Crippen LogP contribution is 2.12. The predicted octanol–water partition coefficient (Wildman–Crippen LogP) is 3.49. The Kier molecular flexibility index (Phi) is 19.2. The van der Waals surface area contributed by atoms with Crippen molar-refractivity contribution in [3.63, 3.8) is 0 Å². The number of aliphatic hydroxyl groups is 1. The van der Waals surface area contributed by atoms with Gasteiger partial charge in [0, 0.05) is 20.0 Å². The van der Waals surface area contributed by atoms with E-state index in [1.165, 1.54) is 57.8 Å². The van der Waals surface area contributed by atoms with E-state index in [9.17, 15) is 4.79 Å². The van der Waals surface area contributed by atoms with Crippen molar-refractivity contribution in [1.82, 2.24) is 4.90 Å². The zero-order valence-electron chi connectivity index (χ0n) is 15.8. The van der Waals surface area contributed by atoms with Crippen molar-refractivity contribution in [2.24, 2.45) is 0 Å². The van der Waals surface area contributed by atoms with Gasteiger partial charge in [-0.05, 0) is 6.42 Å². The van der Waals surface area contributed by atoms with Crippen molar-refractivity contribution in [3.8, 4) is 0 Å². The van der Waals surface area contributed by atoms with E-state index < -0.39 is 10.4 Å². The maximum absolute atomic E-state index is 11.6. The Balaban J connectivity index is 0. The molecular weight excluding hydrogens is 346 g/mol. The lowest BCUT2D eigenvalue weighted by Crippen LogP contribution is -2.29. The normalized spacial score (nSPS) is 10.9. The van der Waals surface area contributed by atoms with E-state index in [1.807, 2.05) is 0 Å². The number of nitrogens with zero attached hydrogens (tertiary/aromatic N) is 1. The van der Waals surface area contributed by atoms with Crippen molar-refractivity contribution in [2.45, 2.75) is 84.0 Å². The van der Waals surface area contributed by atoms with Gasteiger partial charge in [-0.3, -0.25) is 13.9 Å². The van der Waals surface area contributed by atoms with Gasteiger partial charge >= 0.3 is 10.4 Å². The van der Waals surface area contributed by atoms with Crippen LogP contribution in [0.1, 0.15) is 84.0 Å². The Morgan fingerprint density at radius 3 is 1.56 bits per heavy atom. The first-order valence-corrected chi connectivity index (χ1v) is 10.7. The Hall–Kier alpha value is -0.700. The summed E-state index contributed by atoms with van der Waals surface area (Å²) >= 11 is 0. The highest BCUT2D eigenvalue weighted by atomic mass is 32.3. The Bertz CT molecular complexity index is 392. The van der Waals surface area contributed by atoms with Gasteiger partial charge in [-0.1, -0.05) is 71.1 Å². The fraction of sp³-hybridized carbons (Fsp3) is 0.941. The maximum atomic E-state index is 11.6. The van der Waals surface area contributed by atoms with Gasteiger partial charge in [0.15, 0.2) is 0 Å². The highest BCUT2D eigenvalue weighted by Gasteiger charge is 2.06. The molecule has 152 valence electrons. The van der Waals surface area contributed by atoms with Gasteiger partial charge in [-0.25, -0.2) is 0 Å². The molecule has 0 aliphatic rings. The van der Waals surface area contributed by atoms with Gasteiger partial charge in [0.1, 0.15) is 0 Å². The molecule has 0 aliphatic heterocycles. The topological polar surface area (TPSA) is 115 Å². The number of carbonyl (C=O) groups is 1. The van der Waals surface area contributed by atoms with E-state index in [2.05, 4.69) is 6.92 Å². The van der Waals surface area contributed by atoms with Crippen molar-refractivity contribution in [2.75, 3.05) is 20.2 Å². The first-order valence-electron chi connectivity index (χ1n) is 9.27. The molecule has 0 saturated carbocycles. The summed E-state index contributed by atoms with van der Waals surface area (Å²) in [5.41, 5.74) is 0. The van der Waals surface area contributed by atoms with E-state index in [-0.39, 0.29) is 12.5 Å². The largest absolute Gasteiger partial charge is 0.395 e. The maximum Gasteiger partial charge on any atom is 0.394 e. The number of rotatable bonds is 14. The number of hydrogen-bond acceptors (Lipinski definition) is 4. The van der Waals surface area contributed by atoms with Crippen LogP contribution in [0.25, 0.3) is 0 Å². The summed E-state index contributed by atoms with van der Waals surface area (Å²) < 4.78 is 31.6. The first kappa shape index (κ1) is 26.5. The highest BCUT2D eigenvalue weighted by molar-refractivity contribution is 7.79. The van der Waals surface area contributed by atoms with E-state index in [0.717, 1.165) is 12.8 Å². The molecule has 0 rings (SSSR count). The molecule has 0 radical (unpaired) electrons. The molecule has 0 bridgehead atoms. The van der Waals surface area contributed by atoms with Crippen molar-refractivity contribution in [3.05, 3.63) is 0 Å². The van der Waals surface area contributed by atoms with Gasteiger partial charge < -0.3 is 10.0 Å². The third-order valence-electron chi connectivity index (χ3n) is 3.86. The summed E-state index contributed by atoms with van der Waals surface area (Å²) in [6.45, 7) is 2.77. The summed E-state index contributed by atoms with van der Waals surface area (Å²) in [7, 11) is -2.91. The van der Waals surface area contributed by atoms with Gasteiger partial charge in [0.2, 0.25) is 5.91 Å². The molecule has 0 aromatic rings. The Morgan fingerprint density at radius 1 is 0.840 bits per heavy atom. The van der Waals surface area contributed by atoms with Crippen LogP contribution in [0.2, 0.25) is 0 Å². The van der Waals surface area contributed by atoms with E-state index in [0.29, 0.717) is 13.0 Å². The molecule has 0 atom stereocenters. The standard InChI is InChI=1S/C17H35NO2.H2O4S/c1-3-4-5-6-7-8-9-10-11-12-13-14-17(20)18(2)15-16-19;1-5(2,3)4/h19H,3-16H2,1-2H3;(H2,1,2,3,4). The SMILES string of the molecule is CCCCCCCCCCCCCC(=O)N(C)CCO.O=S(=O)(O)O. The molecule has 0 unspecified atom stereocenters. The van der Waals surface area contributed by atoms with Gasteiger partial charge in [-0.2, -0.15) is 8.42 Å². The van der Waals surface area contributed by atoms with Crippen molar-refractivity contribution < 1.29 is 27.4 Å². The third kappa shape index (κ3) is 28.4. The van der Waals surface area contributed by atoms with Crippen LogP contribution in [-0.4, -0.2) is 53.6 Å². The molecule has 0 aliphatic carbocycles. The smallest absolute Gasteiger partial charge is 0.394 e. The van der Waals surface area contributed by atoms with E-state index >= 15 is 0 Å². The fourth-order valence-corrected chi connectivity index (χ4v) is 2.41. The first-order chi connectivity index (χ1) is 11.7. The molecule has 7 nitrogen and oxygen atoms in total. The van der Waals surface area contributed by atoms with Crippen LogP contribution in [0, 0.1) is 0 Å². The average Bonchev–Trinajstić information content (AvgIpc) is 2.51. The van der Waals surface area contributed by atoms with Crippen LogP contribution in [-0.2, 0) is 15.2 Å². The van der Waals surface area contributed by atoms with Crippen molar-refractivity contribution >= 4 is 16.3 Å². The Morgan fingerprint density at radius 2 is 1.20 bits per heavy atom. The molecule has 3 N–H and O–H groups in total. The second-order valence-corrected chi connectivity index (χ2v) is 7.17. The summed E-state index contributed by atoms with van der Waals surface area (Å²) in [6.07, 6.45) is 15.0. The summed E-state index contributed by atoms with van der Waals surface area (Å²) in [5, 5.41) is 8.75. The molecule has 0 fully saturated rings. The van der Waals surface area contributed by atoms with Gasteiger partial charge in [0.25, 0.3) is 0 Å². The number of unbranched alkanes of at least 4 members (excludes halogenated alkanes) is 10. The van der Waals surface area contributed by atoms with Crippen LogP contribution in [0.5, 0.6) is 0 Å². The lowest BCUT2D eigenvalue weighted by atomic mass is 10.1. The molecule has 0 spiro atoms. The average molecular weight is 384 g/mol. The number of aliphatic hydroxyl groups excluding tert-OH is 1. The van der Waals surface area contributed by atoms with Crippen LogP contribution < -0.4 is 0 Å². The second-order valence-electron chi connectivity index (χ2n) is 6.27. The minimum Gasteiger partial charge on any atom is -0.395 e. The quantitative estimate of drug-likeness (QED) is 0.312. The molecular formula is C17H37NO6S. The number of amides is 1. The zero-order chi connectivity index (χ0) is 19.6. The predicted molar refractivity (Wildman–Crippen MR) is 100.0 cm³/mol. The molecule has 25 heavy (non-hydrogen) atoms. The number of carbonyl (C=O) groups excluding carboxylic acids is 1. The minimum absolute atomic E-state index is 0.0560. The van der Waals surface area contributed by atoms with Crippen molar-refractivity contribution in [1.29, 1.82) is 0 Å². The van der Waals surface area contributed by atoms with E-state index in [1.54, 1.807) is 11.9 Å². The molecule has 0 aromatic carbocycles. The fourth-order valence-electron chi connectivity index (χ4n) is 2.41. The van der Waals surface area contributed by atoms with Crippen LogP contribution in [0.15, 0.2) is 0 Å². The number of hydrogen-bond donors (Lipinski definition) is 3. The Labute approximate surface area is 153 Å². The summed E-state index contributed by atoms with van der Waals surface area (Å²) in [6, 6.07) is 0. The van der Waals surface area contributed by atoms with Crippen LogP contribution in [0.3, 0.4) is 0 Å². The molecule has 1 amide bonds. The van der Waals surface area contributed by atoms with Crippen LogP contribution >= 0.6 is 0 Å². The number of likely N-dealkylation sites (N-methyl/N-ethyl adjacent to an activating group) is 1. The van der Waals surface area contributed by atoms with Gasteiger partial charge in [0.05, 0.1) is 6.61 Å². The monoisotopic (exact) mass is 383 g/mol. The van der Waals surface area contributed by atoms with Crippen LogP contribution in [0.4, 0.5) is 0 Å². The second kappa shape index (κ2) is 18.1. The molecule has 0 aromatic heterocycles. The van der Waals surface area contributed by atoms with E-state index in [4.69, 9.17) is 22.6 Å². The third-order valence-corrected chi connectivity index (χ3v) is 3.86. The molecule has 0 heterocycles. The molecule has 0 saturated heterocycles. The zero-order valence-corrected chi connectivity index (χ0v) is 16.6. The summed E-state index contributed by atoms with van der Waals surface area (Å²) in [4.78, 5) is 13.2. The minimum atomic E-state index is -4.67. The lowest BCUT2D eigenvalue weighted by Gasteiger charge is -2.15.